The van der Waals surface area contributed by atoms with Crippen LogP contribution in [0.3, 0.4) is 0 Å². The maximum atomic E-state index is 11.2. The van der Waals surface area contributed by atoms with E-state index in [9.17, 15) is 4.79 Å². The molecule has 0 saturated carbocycles. The molecule has 2 N–H and O–H groups in total. The molecule has 0 bridgehead atoms. The van der Waals surface area contributed by atoms with Crippen molar-refractivity contribution in [3.63, 3.8) is 0 Å². The summed E-state index contributed by atoms with van der Waals surface area (Å²) in [6, 6.07) is 6.74. The van der Waals surface area contributed by atoms with Gasteiger partial charge in [0.25, 0.3) is 0 Å². The summed E-state index contributed by atoms with van der Waals surface area (Å²) in [6.45, 7) is 3.67. The van der Waals surface area contributed by atoms with E-state index in [1.807, 2.05) is 13.8 Å². The van der Waals surface area contributed by atoms with Gasteiger partial charge >= 0.3 is 0 Å². The van der Waals surface area contributed by atoms with Crippen molar-refractivity contribution in [3.8, 4) is 5.75 Å². The van der Waals surface area contributed by atoms with E-state index in [1.165, 1.54) is 0 Å². The first-order valence-electron chi connectivity index (χ1n) is 4.85. The Labute approximate surface area is 89.4 Å². The van der Waals surface area contributed by atoms with Gasteiger partial charge in [0.05, 0.1) is 0 Å². The minimum Gasteiger partial charge on any atom is -0.508 e. The number of carbonyl (C=O) groups is 1. The second-order valence-corrected chi connectivity index (χ2v) is 3.59. The lowest BCUT2D eigenvalue weighted by atomic mass is 10.2. The number of phenols is 1. The fourth-order valence-electron chi connectivity index (χ4n) is 0.972. The normalized spacial score (nSPS) is 10.9. The maximum absolute atomic E-state index is 11.2. The Hall–Kier alpha value is -1.77. The van der Waals surface area contributed by atoms with E-state index in [0.29, 0.717) is 0 Å². The van der Waals surface area contributed by atoms with Crippen LogP contribution >= 0.6 is 0 Å². The second kappa shape index (κ2) is 5.20. The van der Waals surface area contributed by atoms with Crippen LogP contribution in [0.15, 0.2) is 30.5 Å². The number of hydrogen-bond acceptors (Lipinski definition) is 2. The summed E-state index contributed by atoms with van der Waals surface area (Å²) in [4.78, 5) is 11.2. The van der Waals surface area contributed by atoms with E-state index in [2.05, 4.69) is 5.32 Å². The van der Waals surface area contributed by atoms with Crippen molar-refractivity contribution in [2.45, 2.75) is 13.8 Å². The van der Waals surface area contributed by atoms with Gasteiger partial charge in [-0.2, -0.15) is 0 Å². The van der Waals surface area contributed by atoms with Crippen molar-refractivity contribution >= 4 is 12.0 Å². The monoisotopic (exact) mass is 205 g/mol. The first-order valence-corrected chi connectivity index (χ1v) is 4.85. The lowest BCUT2D eigenvalue weighted by molar-refractivity contribution is -0.122. The third kappa shape index (κ3) is 3.85. The molecule has 0 fully saturated rings. The highest BCUT2D eigenvalue weighted by atomic mass is 16.3. The van der Waals surface area contributed by atoms with E-state index in [0.717, 1.165) is 5.56 Å². The van der Waals surface area contributed by atoms with Crippen LogP contribution in [0.2, 0.25) is 0 Å². The zero-order valence-electron chi connectivity index (χ0n) is 8.90. The molecule has 3 heteroatoms. The Morgan fingerprint density at radius 3 is 2.47 bits per heavy atom. The molecule has 0 aromatic heterocycles. The van der Waals surface area contributed by atoms with Crippen LogP contribution in [0, 0.1) is 5.92 Å². The second-order valence-electron chi connectivity index (χ2n) is 3.59. The van der Waals surface area contributed by atoms with Crippen molar-refractivity contribution in [1.29, 1.82) is 0 Å². The summed E-state index contributed by atoms with van der Waals surface area (Å²) in [7, 11) is 0. The Morgan fingerprint density at radius 1 is 1.33 bits per heavy atom. The standard InChI is InChI=1S/C12H15NO2/c1-9(2)12(15)13-8-7-10-3-5-11(14)6-4-10/h3-9,14H,1-2H3,(H,13,15). The minimum absolute atomic E-state index is 0.00923. The van der Waals surface area contributed by atoms with Crippen LogP contribution in [0.5, 0.6) is 5.75 Å². The smallest absolute Gasteiger partial charge is 0.226 e. The predicted octanol–water partition coefficient (Wildman–Crippen LogP) is 2.14. The number of carbonyl (C=O) groups excluding carboxylic acids is 1. The molecule has 0 atom stereocenters. The van der Waals surface area contributed by atoms with E-state index in [4.69, 9.17) is 5.11 Å². The molecule has 0 unspecified atom stereocenters. The number of amides is 1. The molecule has 0 saturated heterocycles. The van der Waals surface area contributed by atoms with Gasteiger partial charge in [-0.25, -0.2) is 0 Å². The largest absolute Gasteiger partial charge is 0.508 e. The summed E-state index contributed by atoms with van der Waals surface area (Å²) in [5, 5.41) is 11.7. The number of hydrogen-bond donors (Lipinski definition) is 2. The Balaban J connectivity index is 2.51. The van der Waals surface area contributed by atoms with Crippen LogP contribution in [0.25, 0.3) is 6.08 Å². The van der Waals surface area contributed by atoms with Gasteiger partial charge in [0.1, 0.15) is 5.75 Å². The van der Waals surface area contributed by atoms with E-state index < -0.39 is 0 Å². The van der Waals surface area contributed by atoms with Crippen LogP contribution in [0.4, 0.5) is 0 Å². The Kier molecular flexibility index (Phi) is 3.92. The van der Waals surface area contributed by atoms with Crippen LogP contribution in [-0.2, 0) is 4.79 Å². The molecule has 15 heavy (non-hydrogen) atoms. The molecule has 1 rings (SSSR count). The van der Waals surface area contributed by atoms with Gasteiger partial charge < -0.3 is 10.4 Å². The topological polar surface area (TPSA) is 49.3 Å². The number of nitrogens with one attached hydrogen (secondary N) is 1. The zero-order chi connectivity index (χ0) is 11.3. The average Bonchev–Trinajstić information content (AvgIpc) is 2.20. The molecule has 0 spiro atoms. The summed E-state index contributed by atoms with van der Waals surface area (Å²) < 4.78 is 0. The maximum Gasteiger partial charge on any atom is 0.226 e. The molecular formula is C12H15NO2. The van der Waals surface area contributed by atoms with E-state index in [-0.39, 0.29) is 17.6 Å². The zero-order valence-corrected chi connectivity index (χ0v) is 8.90. The SMILES string of the molecule is CC(C)C(=O)NC=Cc1ccc(O)cc1. The molecule has 0 heterocycles. The highest BCUT2D eigenvalue weighted by molar-refractivity contribution is 5.79. The Morgan fingerprint density at radius 2 is 1.93 bits per heavy atom. The lowest BCUT2D eigenvalue weighted by Crippen LogP contribution is -2.22. The number of rotatable bonds is 3. The van der Waals surface area contributed by atoms with Gasteiger partial charge in [0.15, 0.2) is 0 Å². The fraction of sp³-hybridized carbons (Fsp3) is 0.250. The molecular weight excluding hydrogens is 190 g/mol. The minimum atomic E-state index is -0.0190. The number of aromatic hydroxyl groups is 1. The third-order valence-electron chi connectivity index (χ3n) is 1.92. The van der Waals surface area contributed by atoms with Gasteiger partial charge in [-0.05, 0) is 23.8 Å². The van der Waals surface area contributed by atoms with Crippen LogP contribution in [-0.4, -0.2) is 11.0 Å². The lowest BCUT2D eigenvalue weighted by Gasteiger charge is -2.01. The van der Waals surface area contributed by atoms with Crippen LogP contribution < -0.4 is 5.32 Å². The van der Waals surface area contributed by atoms with E-state index in [1.54, 1.807) is 36.5 Å². The summed E-state index contributed by atoms with van der Waals surface area (Å²) in [5.74, 6) is 0.206. The molecule has 1 aromatic rings. The van der Waals surface area contributed by atoms with Gasteiger partial charge in [0.2, 0.25) is 5.91 Å². The number of phenolic OH excluding ortho intramolecular Hbond substituents is 1. The molecule has 1 amide bonds. The molecule has 1 aromatic carbocycles. The Bertz CT molecular complexity index is 352. The van der Waals surface area contributed by atoms with Gasteiger partial charge in [-0.3, -0.25) is 4.79 Å². The first kappa shape index (κ1) is 11.3. The molecule has 0 aliphatic rings. The molecule has 80 valence electrons. The molecule has 0 radical (unpaired) electrons. The van der Waals surface area contributed by atoms with Gasteiger partial charge in [-0.15, -0.1) is 0 Å². The predicted molar refractivity (Wildman–Crippen MR) is 60.1 cm³/mol. The van der Waals surface area contributed by atoms with E-state index >= 15 is 0 Å². The van der Waals surface area contributed by atoms with Gasteiger partial charge in [0, 0.05) is 12.1 Å². The third-order valence-corrected chi connectivity index (χ3v) is 1.92. The highest BCUT2D eigenvalue weighted by Gasteiger charge is 2.02. The molecule has 0 aliphatic carbocycles. The van der Waals surface area contributed by atoms with Crippen molar-refractivity contribution in [2.24, 2.45) is 5.92 Å². The first-order chi connectivity index (χ1) is 7.09. The van der Waals surface area contributed by atoms with Crippen molar-refractivity contribution in [3.05, 3.63) is 36.0 Å². The summed E-state index contributed by atoms with van der Waals surface area (Å²) >= 11 is 0. The number of benzene rings is 1. The average molecular weight is 205 g/mol. The highest BCUT2D eigenvalue weighted by Crippen LogP contribution is 2.10. The van der Waals surface area contributed by atoms with Crippen molar-refractivity contribution in [2.75, 3.05) is 0 Å². The molecule has 0 aliphatic heterocycles. The van der Waals surface area contributed by atoms with Crippen LogP contribution in [0.1, 0.15) is 19.4 Å². The molecule has 3 nitrogen and oxygen atoms in total. The summed E-state index contributed by atoms with van der Waals surface area (Å²) in [5.41, 5.74) is 0.928. The van der Waals surface area contributed by atoms with Gasteiger partial charge in [-0.1, -0.05) is 26.0 Å². The van der Waals surface area contributed by atoms with Crippen molar-refractivity contribution in [1.82, 2.24) is 5.32 Å². The quantitative estimate of drug-likeness (QED) is 0.794. The summed E-state index contributed by atoms with van der Waals surface area (Å²) in [6.07, 6.45) is 3.38. The fourth-order valence-corrected chi connectivity index (χ4v) is 0.972. The van der Waals surface area contributed by atoms with Crippen molar-refractivity contribution < 1.29 is 9.90 Å².